The van der Waals surface area contributed by atoms with Gasteiger partial charge >= 0.3 is 0 Å². The normalized spacial score (nSPS) is 10.6. The van der Waals surface area contributed by atoms with Gasteiger partial charge in [-0.3, -0.25) is 9.67 Å². The summed E-state index contributed by atoms with van der Waals surface area (Å²) >= 11 is 0. The zero-order chi connectivity index (χ0) is 12.1. The molecule has 0 aliphatic heterocycles. The molecule has 0 aliphatic rings. The Hall–Kier alpha value is -1.88. The maximum Gasteiger partial charge on any atom is 0.133 e. The first-order valence-corrected chi connectivity index (χ1v) is 5.57. The average molecular weight is 232 g/mol. The lowest BCUT2D eigenvalue weighted by Crippen LogP contribution is -2.18. The van der Waals surface area contributed by atoms with Gasteiger partial charge in [0.25, 0.3) is 0 Å². The van der Waals surface area contributed by atoms with Gasteiger partial charge in [-0.1, -0.05) is 0 Å². The highest BCUT2D eigenvalue weighted by Gasteiger charge is 1.98. The van der Waals surface area contributed by atoms with Crippen molar-refractivity contribution in [3.05, 3.63) is 42.0 Å². The Bertz CT molecular complexity index is 464. The van der Waals surface area contributed by atoms with E-state index in [-0.39, 0.29) is 5.75 Å². The zero-order valence-electron chi connectivity index (χ0n) is 9.80. The van der Waals surface area contributed by atoms with Gasteiger partial charge < -0.3 is 10.4 Å². The Balaban J connectivity index is 1.73. The summed E-state index contributed by atoms with van der Waals surface area (Å²) in [6.07, 6.45) is 4.20. The minimum Gasteiger partial charge on any atom is -0.506 e. The third-order valence-electron chi connectivity index (χ3n) is 2.60. The predicted octanol–water partition coefficient (Wildman–Crippen LogP) is 0.853. The smallest absolute Gasteiger partial charge is 0.133 e. The number of aromatic hydroxyl groups is 1. The van der Waals surface area contributed by atoms with Crippen LogP contribution in [0.3, 0.4) is 0 Å². The van der Waals surface area contributed by atoms with E-state index in [2.05, 4.69) is 15.4 Å². The molecular weight excluding hydrogens is 216 g/mol. The molecule has 2 rings (SSSR count). The molecule has 2 aromatic heterocycles. The van der Waals surface area contributed by atoms with Crippen molar-refractivity contribution in [2.45, 2.75) is 13.0 Å². The van der Waals surface area contributed by atoms with Crippen molar-refractivity contribution in [2.24, 2.45) is 7.05 Å². The van der Waals surface area contributed by atoms with Crippen LogP contribution in [0.15, 0.2) is 30.6 Å². The summed E-state index contributed by atoms with van der Waals surface area (Å²) in [7, 11) is 1.94. The Morgan fingerprint density at radius 2 is 2.24 bits per heavy atom. The highest BCUT2D eigenvalue weighted by molar-refractivity contribution is 5.17. The Kier molecular flexibility index (Phi) is 3.72. The van der Waals surface area contributed by atoms with E-state index in [1.54, 1.807) is 12.3 Å². The molecule has 5 nitrogen and oxygen atoms in total. The van der Waals surface area contributed by atoms with Crippen LogP contribution in [0.5, 0.6) is 5.75 Å². The molecule has 90 valence electrons. The van der Waals surface area contributed by atoms with Crippen LogP contribution in [-0.2, 0) is 20.0 Å². The van der Waals surface area contributed by atoms with Crippen molar-refractivity contribution in [1.29, 1.82) is 0 Å². The molecular formula is C12H16N4O. The van der Waals surface area contributed by atoms with E-state index in [1.165, 1.54) is 11.9 Å². The molecule has 0 atom stereocenters. The maximum absolute atomic E-state index is 9.09. The summed E-state index contributed by atoms with van der Waals surface area (Å²) in [4.78, 5) is 4.10. The van der Waals surface area contributed by atoms with Gasteiger partial charge in [-0.25, -0.2) is 0 Å². The van der Waals surface area contributed by atoms with Gasteiger partial charge in [-0.15, -0.1) is 0 Å². The molecule has 0 spiro atoms. The monoisotopic (exact) mass is 232 g/mol. The number of pyridine rings is 1. The lowest BCUT2D eigenvalue weighted by atomic mass is 10.3. The van der Waals surface area contributed by atoms with Crippen LogP contribution >= 0.6 is 0 Å². The number of aryl methyl sites for hydroxylation is 1. The standard InChI is InChI=1S/C12H16N4O/c1-16-11(5-7-15-16)4-6-13-8-10-2-3-12(17)9-14-10/h2-3,5,7,9,13,17H,4,6,8H2,1H3. The second-order valence-corrected chi connectivity index (χ2v) is 3.88. The zero-order valence-corrected chi connectivity index (χ0v) is 9.80. The fourth-order valence-electron chi connectivity index (χ4n) is 1.60. The molecule has 0 saturated heterocycles. The Labute approximate surface area is 100 Å². The van der Waals surface area contributed by atoms with Gasteiger partial charge in [0, 0.05) is 38.4 Å². The van der Waals surface area contributed by atoms with Gasteiger partial charge in [0.1, 0.15) is 5.75 Å². The minimum atomic E-state index is 0.198. The highest BCUT2D eigenvalue weighted by atomic mass is 16.3. The van der Waals surface area contributed by atoms with Crippen molar-refractivity contribution >= 4 is 0 Å². The van der Waals surface area contributed by atoms with Crippen LogP contribution in [0.4, 0.5) is 0 Å². The number of nitrogens with zero attached hydrogens (tertiary/aromatic N) is 3. The summed E-state index contributed by atoms with van der Waals surface area (Å²) in [6.45, 7) is 1.58. The average Bonchev–Trinajstić information content (AvgIpc) is 2.73. The molecule has 2 N–H and O–H groups in total. The lowest BCUT2D eigenvalue weighted by molar-refractivity contribution is 0.471. The summed E-state index contributed by atoms with van der Waals surface area (Å²) < 4.78 is 1.88. The molecule has 0 radical (unpaired) electrons. The van der Waals surface area contributed by atoms with Crippen molar-refractivity contribution < 1.29 is 5.11 Å². The first kappa shape index (κ1) is 11.6. The van der Waals surface area contributed by atoms with Crippen LogP contribution in [0.25, 0.3) is 0 Å². The van der Waals surface area contributed by atoms with Gasteiger partial charge in [-0.05, 0) is 18.2 Å². The summed E-state index contributed by atoms with van der Waals surface area (Å²) in [5.74, 6) is 0.198. The fraction of sp³-hybridized carbons (Fsp3) is 0.333. The lowest BCUT2D eigenvalue weighted by Gasteiger charge is -2.04. The van der Waals surface area contributed by atoms with Crippen LogP contribution in [0, 0.1) is 0 Å². The molecule has 5 heteroatoms. The summed E-state index contributed by atoms with van der Waals surface area (Å²) in [5, 5.41) is 16.5. The minimum absolute atomic E-state index is 0.198. The molecule has 2 aromatic rings. The second-order valence-electron chi connectivity index (χ2n) is 3.88. The SMILES string of the molecule is Cn1nccc1CCNCc1ccc(O)cn1. The summed E-state index contributed by atoms with van der Waals surface area (Å²) in [5.41, 5.74) is 2.13. The first-order chi connectivity index (χ1) is 8.25. The van der Waals surface area contributed by atoms with Gasteiger partial charge in [0.2, 0.25) is 0 Å². The third-order valence-corrected chi connectivity index (χ3v) is 2.60. The van der Waals surface area contributed by atoms with Crippen molar-refractivity contribution in [3.63, 3.8) is 0 Å². The van der Waals surface area contributed by atoms with E-state index in [9.17, 15) is 0 Å². The van der Waals surface area contributed by atoms with E-state index < -0.39 is 0 Å². The molecule has 0 aromatic carbocycles. The van der Waals surface area contributed by atoms with Crippen molar-refractivity contribution in [1.82, 2.24) is 20.1 Å². The molecule has 2 heterocycles. The Morgan fingerprint density at radius 3 is 2.88 bits per heavy atom. The number of rotatable bonds is 5. The quantitative estimate of drug-likeness (QED) is 0.750. The molecule has 0 aliphatic carbocycles. The number of hydrogen-bond donors (Lipinski definition) is 2. The van der Waals surface area contributed by atoms with Gasteiger partial charge in [0.05, 0.1) is 11.9 Å². The molecule has 0 saturated carbocycles. The largest absolute Gasteiger partial charge is 0.506 e. The molecule has 0 amide bonds. The highest BCUT2D eigenvalue weighted by Crippen LogP contribution is 2.05. The van der Waals surface area contributed by atoms with Crippen molar-refractivity contribution in [3.8, 4) is 5.75 Å². The number of aromatic nitrogens is 3. The van der Waals surface area contributed by atoms with E-state index in [1.807, 2.05) is 23.9 Å². The van der Waals surface area contributed by atoms with E-state index in [4.69, 9.17) is 5.11 Å². The van der Waals surface area contributed by atoms with Crippen molar-refractivity contribution in [2.75, 3.05) is 6.54 Å². The van der Waals surface area contributed by atoms with Crippen LogP contribution in [0.1, 0.15) is 11.4 Å². The van der Waals surface area contributed by atoms with Crippen LogP contribution < -0.4 is 5.32 Å². The van der Waals surface area contributed by atoms with Gasteiger partial charge in [-0.2, -0.15) is 5.10 Å². The third kappa shape index (κ3) is 3.29. The maximum atomic E-state index is 9.09. The second kappa shape index (κ2) is 5.45. The molecule has 0 bridgehead atoms. The topological polar surface area (TPSA) is 63.0 Å². The van der Waals surface area contributed by atoms with Crippen LogP contribution in [-0.4, -0.2) is 26.4 Å². The summed E-state index contributed by atoms with van der Waals surface area (Å²) in [6, 6.07) is 5.47. The first-order valence-electron chi connectivity index (χ1n) is 5.57. The number of hydrogen-bond acceptors (Lipinski definition) is 4. The van der Waals surface area contributed by atoms with E-state index in [0.29, 0.717) is 6.54 Å². The molecule has 0 fully saturated rings. The predicted molar refractivity (Wildman–Crippen MR) is 64.5 cm³/mol. The van der Waals surface area contributed by atoms with E-state index >= 15 is 0 Å². The molecule has 17 heavy (non-hydrogen) atoms. The van der Waals surface area contributed by atoms with E-state index in [0.717, 1.165) is 18.7 Å². The van der Waals surface area contributed by atoms with Gasteiger partial charge in [0.15, 0.2) is 0 Å². The molecule has 0 unspecified atom stereocenters. The number of nitrogens with one attached hydrogen (secondary N) is 1. The Morgan fingerprint density at radius 1 is 1.35 bits per heavy atom. The van der Waals surface area contributed by atoms with Crippen LogP contribution in [0.2, 0.25) is 0 Å². The fourth-order valence-corrected chi connectivity index (χ4v) is 1.60.